The number of hydrogen-bond acceptors (Lipinski definition) is 12. The molecular weight excluding hydrogens is 685 g/mol. The Labute approximate surface area is 315 Å². The Bertz CT molecular complexity index is 2020. The molecule has 6 aromatic rings. The van der Waals surface area contributed by atoms with Crippen LogP contribution in [0, 0.1) is 0 Å². The van der Waals surface area contributed by atoms with E-state index in [9.17, 15) is 0 Å². The molecule has 0 amide bonds. The van der Waals surface area contributed by atoms with Gasteiger partial charge in [-0.05, 0) is 90.8 Å². The third-order valence-corrected chi connectivity index (χ3v) is 9.32. The van der Waals surface area contributed by atoms with Crippen molar-refractivity contribution >= 4 is 33.4 Å². The molecule has 8 heterocycles. The van der Waals surface area contributed by atoms with E-state index in [2.05, 4.69) is 70.6 Å². The van der Waals surface area contributed by atoms with E-state index in [1.165, 1.54) is 0 Å². The zero-order chi connectivity index (χ0) is 37.6. The van der Waals surface area contributed by atoms with Crippen LogP contribution in [0.4, 0.5) is 11.4 Å². The molecule has 284 valence electrons. The van der Waals surface area contributed by atoms with E-state index in [1.807, 2.05) is 59.9 Å². The van der Waals surface area contributed by atoms with Crippen molar-refractivity contribution < 1.29 is 18.9 Å². The molecule has 6 aromatic heterocycles. The summed E-state index contributed by atoms with van der Waals surface area (Å²) in [6, 6.07) is 13.0. The molecule has 0 spiro atoms. The van der Waals surface area contributed by atoms with Gasteiger partial charge in [-0.2, -0.15) is 10.2 Å². The summed E-state index contributed by atoms with van der Waals surface area (Å²) in [4.78, 5) is 18.4. The molecule has 0 bridgehead atoms. The van der Waals surface area contributed by atoms with Crippen LogP contribution in [-0.4, -0.2) is 91.2 Å². The Morgan fingerprint density at radius 2 is 1.15 bits per heavy atom. The Hall–Kier alpha value is -5.34. The number of anilines is 2. The summed E-state index contributed by atoms with van der Waals surface area (Å²) in [6.45, 7) is 16.5. The average Bonchev–Trinajstić information content (AvgIpc) is 4.01. The van der Waals surface area contributed by atoms with Crippen LogP contribution >= 0.6 is 0 Å². The van der Waals surface area contributed by atoms with Crippen molar-refractivity contribution in [2.45, 2.75) is 78.6 Å². The van der Waals surface area contributed by atoms with Gasteiger partial charge in [-0.25, -0.2) is 19.9 Å². The number of rotatable bonds is 12. The first-order valence-electron chi connectivity index (χ1n) is 19.0. The molecule has 54 heavy (non-hydrogen) atoms. The van der Waals surface area contributed by atoms with Crippen LogP contribution in [0.2, 0.25) is 0 Å². The molecule has 2 atom stereocenters. The zero-order valence-electron chi connectivity index (χ0n) is 32.0. The van der Waals surface area contributed by atoms with Crippen molar-refractivity contribution in [3.8, 4) is 34.3 Å². The van der Waals surface area contributed by atoms with Gasteiger partial charge in [-0.3, -0.25) is 9.36 Å². The molecule has 2 N–H and O–H groups in total. The standard InChI is InChI=1S/2C20H25N5O2/c2*1-4-27-20-15(6-5-8-21-20)16-10-17(23-14-7-9-26-12-14)19-18(24-16)11-22-25(19)13(2)3/h2*5-6,8,10-11,13-14H,4,7,9,12H2,1-3H3,(H,23,24)/t2*14-/m10/s1. The fourth-order valence-electron chi connectivity index (χ4n) is 6.82. The monoisotopic (exact) mass is 734 g/mol. The SMILES string of the molecule is CCOc1ncccc1-c1cc(N[C@@H]2CCOC2)c2c(cnn2C(C)C)n1.CCOc1ncccc1-c1cc(N[C@H]2CCOC2)c2c(cnn2C(C)C)n1. The van der Waals surface area contributed by atoms with E-state index >= 15 is 0 Å². The molecular formula is C40H50N10O4. The van der Waals surface area contributed by atoms with Crippen LogP contribution in [0.1, 0.15) is 66.5 Å². The van der Waals surface area contributed by atoms with Crippen molar-refractivity contribution in [2.24, 2.45) is 0 Å². The lowest BCUT2D eigenvalue weighted by atomic mass is 10.1. The molecule has 14 heteroatoms. The molecule has 8 rings (SSSR count). The van der Waals surface area contributed by atoms with E-state index in [-0.39, 0.29) is 12.1 Å². The summed E-state index contributed by atoms with van der Waals surface area (Å²) in [5.74, 6) is 1.19. The molecule has 0 unspecified atom stereocenters. The summed E-state index contributed by atoms with van der Waals surface area (Å²) in [5.41, 5.74) is 9.18. The van der Waals surface area contributed by atoms with Crippen molar-refractivity contribution in [2.75, 3.05) is 50.3 Å². The first kappa shape index (κ1) is 37.0. The van der Waals surface area contributed by atoms with E-state index < -0.39 is 0 Å². The third kappa shape index (κ3) is 7.94. The Kier molecular flexibility index (Phi) is 11.5. The van der Waals surface area contributed by atoms with Crippen molar-refractivity contribution in [3.05, 3.63) is 61.2 Å². The molecule has 14 nitrogen and oxygen atoms in total. The molecule has 0 aromatic carbocycles. The quantitative estimate of drug-likeness (QED) is 0.130. The third-order valence-electron chi connectivity index (χ3n) is 9.32. The second kappa shape index (κ2) is 16.8. The van der Waals surface area contributed by atoms with Crippen LogP contribution in [0.3, 0.4) is 0 Å². The predicted octanol–water partition coefficient (Wildman–Crippen LogP) is 7.35. The molecule has 2 saturated heterocycles. The molecule has 2 aliphatic rings. The molecule has 2 aliphatic heterocycles. The van der Waals surface area contributed by atoms with Crippen LogP contribution in [0.5, 0.6) is 11.8 Å². The normalized spacial score (nSPS) is 17.0. The summed E-state index contributed by atoms with van der Waals surface area (Å²) in [5, 5.41) is 16.4. The van der Waals surface area contributed by atoms with Gasteiger partial charge < -0.3 is 29.6 Å². The van der Waals surface area contributed by atoms with Crippen LogP contribution in [0.15, 0.2) is 61.2 Å². The minimum absolute atomic E-state index is 0.243. The van der Waals surface area contributed by atoms with Gasteiger partial charge in [-0.1, -0.05) is 0 Å². The second-order valence-corrected chi connectivity index (χ2v) is 13.9. The highest BCUT2D eigenvalue weighted by molar-refractivity contribution is 5.92. The van der Waals surface area contributed by atoms with Gasteiger partial charge in [0.15, 0.2) is 0 Å². The fourth-order valence-corrected chi connectivity index (χ4v) is 6.82. The summed E-state index contributed by atoms with van der Waals surface area (Å²) in [7, 11) is 0. The van der Waals surface area contributed by atoms with E-state index in [0.717, 1.165) is 82.0 Å². The number of ether oxygens (including phenoxy) is 4. The second-order valence-electron chi connectivity index (χ2n) is 13.9. The Balaban J connectivity index is 0.000000167. The number of aromatic nitrogens is 8. The lowest BCUT2D eigenvalue weighted by Gasteiger charge is -2.17. The minimum atomic E-state index is 0.243. The maximum atomic E-state index is 5.71. The Morgan fingerprint density at radius 1 is 0.704 bits per heavy atom. The Morgan fingerprint density at radius 3 is 1.52 bits per heavy atom. The van der Waals surface area contributed by atoms with E-state index in [0.29, 0.717) is 50.3 Å². The summed E-state index contributed by atoms with van der Waals surface area (Å²) < 4.78 is 26.5. The highest BCUT2D eigenvalue weighted by Crippen LogP contribution is 2.35. The highest BCUT2D eigenvalue weighted by atomic mass is 16.5. The van der Waals surface area contributed by atoms with Crippen molar-refractivity contribution in [1.29, 1.82) is 0 Å². The van der Waals surface area contributed by atoms with Crippen molar-refractivity contribution in [1.82, 2.24) is 39.5 Å². The van der Waals surface area contributed by atoms with Gasteiger partial charge in [-0.15, -0.1) is 0 Å². The van der Waals surface area contributed by atoms with Crippen LogP contribution in [-0.2, 0) is 9.47 Å². The lowest BCUT2D eigenvalue weighted by molar-refractivity contribution is 0.195. The zero-order valence-corrected chi connectivity index (χ0v) is 32.0. The van der Waals surface area contributed by atoms with Gasteiger partial charge in [0.2, 0.25) is 11.8 Å². The van der Waals surface area contributed by atoms with E-state index in [1.54, 1.807) is 12.4 Å². The highest BCUT2D eigenvalue weighted by Gasteiger charge is 2.23. The topological polar surface area (TPSA) is 148 Å². The minimum Gasteiger partial charge on any atom is -0.477 e. The number of nitrogens with one attached hydrogen (secondary N) is 2. The van der Waals surface area contributed by atoms with Crippen molar-refractivity contribution in [3.63, 3.8) is 0 Å². The number of nitrogens with zero attached hydrogens (tertiary/aromatic N) is 8. The van der Waals surface area contributed by atoms with Crippen LogP contribution in [0.25, 0.3) is 44.6 Å². The summed E-state index contributed by atoms with van der Waals surface area (Å²) >= 11 is 0. The van der Waals surface area contributed by atoms with Gasteiger partial charge in [0.1, 0.15) is 22.1 Å². The van der Waals surface area contributed by atoms with Gasteiger partial charge in [0.05, 0.1) is 84.8 Å². The van der Waals surface area contributed by atoms with Crippen LogP contribution < -0.4 is 20.1 Å². The summed E-state index contributed by atoms with van der Waals surface area (Å²) in [6.07, 6.45) is 9.10. The number of fused-ring (bicyclic) bond motifs is 2. The van der Waals surface area contributed by atoms with Gasteiger partial charge in [0, 0.05) is 37.7 Å². The first-order chi connectivity index (χ1) is 26.3. The molecule has 2 fully saturated rings. The fraction of sp³-hybridized carbons (Fsp3) is 0.450. The lowest BCUT2D eigenvalue weighted by Crippen LogP contribution is -2.20. The van der Waals surface area contributed by atoms with E-state index in [4.69, 9.17) is 28.9 Å². The average molecular weight is 735 g/mol. The smallest absolute Gasteiger partial charge is 0.222 e. The van der Waals surface area contributed by atoms with Gasteiger partial charge in [0.25, 0.3) is 0 Å². The predicted molar refractivity (Wildman–Crippen MR) is 210 cm³/mol. The maximum Gasteiger partial charge on any atom is 0.222 e. The first-order valence-corrected chi connectivity index (χ1v) is 19.0. The number of hydrogen-bond donors (Lipinski definition) is 2. The van der Waals surface area contributed by atoms with Gasteiger partial charge >= 0.3 is 0 Å². The maximum absolute atomic E-state index is 5.71. The number of pyridine rings is 4. The molecule has 0 aliphatic carbocycles. The largest absolute Gasteiger partial charge is 0.477 e. The molecule has 0 radical (unpaired) electrons. The molecule has 0 saturated carbocycles.